The van der Waals surface area contributed by atoms with Crippen molar-refractivity contribution in [3.8, 4) is 22.4 Å². The van der Waals surface area contributed by atoms with Gasteiger partial charge in [-0.2, -0.15) is 0 Å². The van der Waals surface area contributed by atoms with Crippen LogP contribution >= 0.6 is 11.6 Å². The molecule has 5 heteroatoms. The van der Waals surface area contributed by atoms with Crippen LogP contribution in [0.2, 0.25) is 5.15 Å². The van der Waals surface area contributed by atoms with Crippen molar-refractivity contribution < 1.29 is 0 Å². The number of hydrogen-bond acceptors (Lipinski definition) is 3. The van der Waals surface area contributed by atoms with E-state index in [1.165, 1.54) is 0 Å². The number of halogens is 1. The van der Waals surface area contributed by atoms with Crippen LogP contribution in [-0.2, 0) is 0 Å². The van der Waals surface area contributed by atoms with Crippen molar-refractivity contribution in [2.45, 2.75) is 0 Å². The molecule has 0 unspecified atom stereocenters. The summed E-state index contributed by atoms with van der Waals surface area (Å²) in [5, 5.41) is 0.450. The number of nitrogens with one attached hydrogen (secondary N) is 1. The van der Waals surface area contributed by atoms with Crippen molar-refractivity contribution >= 4 is 22.8 Å². The third-order valence-corrected chi connectivity index (χ3v) is 3.82. The molecule has 3 heterocycles. The molecule has 0 saturated carbocycles. The SMILES string of the molecule is Clc1ncccc1-c1[nH]c2nccnc2c1-c1ccccc1. The number of hydrogen-bond donors (Lipinski definition) is 1. The average molecular weight is 307 g/mol. The Morgan fingerprint density at radius 1 is 0.818 bits per heavy atom. The van der Waals surface area contributed by atoms with Crippen LogP contribution < -0.4 is 0 Å². The Morgan fingerprint density at radius 2 is 1.64 bits per heavy atom. The summed E-state index contributed by atoms with van der Waals surface area (Å²) in [6.07, 6.45) is 5.03. The lowest BCUT2D eigenvalue weighted by Gasteiger charge is -2.06. The second-order valence-corrected chi connectivity index (χ2v) is 5.19. The quantitative estimate of drug-likeness (QED) is 0.560. The number of aromatic nitrogens is 4. The highest BCUT2D eigenvalue weighted by Gasteiger charge is 2.18. The highest BCUT2D eigenvalue weighted by molar-refractivity contribution is 6.32. The number of benzene rings is 1. The van der Waals surface area contributed by atoms with Crippen molar-refractivity contribution in [2.75, 3.05) is 0 Å². The molecule has 0 aliphatic rings. The van der Waals surface area contributed by atoms with Gasteiger partial charge in [-0.05, 0) is 17.7 Å². The van der Waals surface area contributed by atoms with E-state index in [1.807, 2.05) is 42.5 Å². The molecule has 1 N–H and O–H groups in total. The minimum atomic E-state index is 0.450. The van der Waals surface area contributed by atoms with Gasteiger partial charge in [0, 0.05) is 29.7 Å². The third-order valence-electron chi connectivity index (χ3n) is 3.52. The Kier molecular flexibility index (Phi) is 3.09. The monoisotopic (exact) mass is 306 g/mol. The standard InChI is InChI=1S/C17H11ClN4/c18-16-12(7-4-8-20-16)14-13(11-5-2-1-3-6-11)15-17(22-14)21-10-9-19-15/h1-10H,(H,21,22). The molecule has 4 rings (SSSR count). The van der Waals surface area contributed by atoms with Gasteiger partial charge < -0.3 is 4.98 Å². The van der Waals surface area contributed by atoms with Gasteiger partial charge in [0.25, 0.3) is 0 Å². The smallest absolute Gasteiger partial charge is 0.157 e. The van der Waals surface area contributed by atoms with Gasteiger partial charge in [0.1, 0.15) is 10.7 Å². The number of nitrogens with zero attached hydrogens (tertiary/aromatic N) is 3. The largest absolute Gasteiger partial charge is 0.337 e. The number of pyridine rings is 1. The highest BCUT2D eigenvalue weighted by Crippen LogP contribution is 2.38. The Hall–Kier alpha value is -2.72. The fourth-order valence-electron chi connectivity index (χ4n) is 2.57. The zero-order valence-electron chi connectivity index (χ0n) is 11.5. The van der Waals surface area contributed by atoms with E-state index in [4.69, 9.17) is 11.6 Å². The van der Waals surface area contributed by atoms with Gasteiger partial charge in [0.2, 0.25) is 0 Å². The molecule has 0 aliphatic heterocycles. The van der Waals surface area contributed by atoms with E-state index in [2.05, 4.69) is 19.9 Å². The van der Waals surface area contributed by atoms with Crippen LogP contribution in [0.5, 0.6) is 0 Å². The van der Waals surface area contributed by atoms with Crippen LogP contribution in [0, 0.1) is 0 Å². The lowest BCUT2D eigenvalue weighted by Crippen LogP contribution is -1.86. The first-order valence-electron chi connectivity index (χ1n) is 6.83. The summed E-state index contributed by atoms with van der Waals surface area (Å²) >= 11 is 6.27. The Labute approximate surface area is 131 Å². The number of rotatable bonds is 2. The first kappa shape index (κ1) is 13.0. The minimum Gasteiger partial charge on any atom is -0.337 e. The molecule has 1 aromatic carbocycles. The van der Waals surface area contributed by atoms with E-state index < -0.39 is 0 Å². The molecule has 0 spiro atoms. The van der Waals surface area contributed by atoms with Crippen molar-refractivity contribution in [1.82, 2.24) is 19.9 Å². The average Bonchev–Trinajstić information content (AvgIpc) is 2.95. The maximum Gasteiger partial charge on any atom is 0.157 e. The highest BCUT2D eigenvalue weighted by atomic mass is 35.5. The molecular formula is C17H11ClN4. The lowest BCUT2D eigenvalue weighted by molar-refractivity contribution is 1.26. The van der Waals surface area contributed by atoms with Gasteiger partial charge in [0.15, 0.2) is 5.65 Å². The second-order valence-electron chi connectivity index (χ2n) is 4.84. The van der Waals surface area contributed by atoms with Crippen LogP contribution in [0.4, 0.5) is 0 Å². The summed E-state index contributed by atoms with van der Waals surface area (Å²) in [6.45, 7) is 0. The molecule has 0 radical (unpaired) electrons. The van der Waals surface area contributed by atoms with Crippen molar-refractivity contribution in [3.63, 3.8) is 0 Å². The summed E-state index contributed by atoms with van der Waals surface area (Å²) in [5.74, 6) is 0. The van der Waals surface area contributed by atoms with E-state index in [0.717, 1.165) is 33.5 Å². The zero-order valence-corrected chi connectivity index (χ0v) is 12.2. The van der Waals surface area contributed by atoms with Crippen molar-refractivity contribution in [2.24, 2.45) is 0 Å². The molecule has 3 aromatic heterocycles. The molecular weight excluding hydrogens is 296 g/mol. The molecule has 106 valence electrons. The summed E-state index contributed by atoms with van der Waals surface area (Å²) in [4.78, 5) is 16.3. The fraction of sp³-hybridized carbons (Fsp3) is 0. The topological polar surface area (TPSA) is 54.5 Å². The van der Waals surface area contributed by atoms with Crippen molar-refractivity contribution in [1.29, 1.82) is 0 Å². The van der Waals surface area contributed by atoms with E-state index in [-0.39, 0.29) is 0 Å². The molecule has 22 heavy (non-hydrogen) atoms. The summed E-state index contributed by atoms with van der Waals surface area (Å²) in [5.41, 5.74) is 5.32. The van der Waals surface area contributed by atoms with Crippen LogP contribution in [0.25, 0.3) is 33.5 Å². The minimum absolute atomic E-state index is 0.450. The molecule has 0 saturated heterocycles. The van der Waals surface area contributed by atoms with Crippen LogP contribution in [0.3, 0.4) is 0 Å². The molecule has 0 bridgehead atoms. The molecule has 0 fully saturated rings. The van der Waals surface area contributed by atoms with Crippen molar-refractivity contribution in [3.05, 3.63) is 66.2 Å². The molecule has 4 nitrogen and oxygen atoms in total. The van der Waals surface area contributed by atoms with Gasteiger partial charge in [-0.3, -0.25) is 4.98 Å². The molecule has 4 aromatic rings. The van der Waals surface area contributed by atoms with Gasteiger partial charge in [-0.15, -0.1) is 0 Å². The van der Waals surface area contributed by atoms with Crippen LogP contribution in [0.15, 0.2) is 61.1 Å². The molecule has 0 atom stereocenters. The van der Waals surface area contributed by atoms with Gasteiger partial charge in [-0.25, -0.2) is 9.97 Å². The Morgan fingerprint density at radius 3 is 2.45 bits per heavy atom. The summed E-state index contributed by atoms with van der Waals surface area (Å²) < 4.78 is 0. The van der Waals surface area contributed by atoms with Crippen LogP contribution in [0.1, 0.15) is 0 Å². The predicted octanol–water partition coefficient (Wildman–Crippen LogP) is 4.34. The maximum absolute atomic E-state index is 6.27. The third kappa shape index (κ3) is 2.05. The number of aromatic amines is 1. The first-order valence-corrected chi connectivity index (χ1v) is 7.21. The Bertz CT molecular complexity index is 947. The van der Waals surface area contributed by atoms with E-state index in [1.54, 1.807) is 18.6 Å². The van der Waals surface area contributed by atoms with Crippen LogP contribution in [-0.4, -0.2) is 19.9 Å². The number of H-pyrrole nitrogens is 1. The van der Waals surface area contributed by atoms with Gasteiger partial charge in [-0.1, -0.05) is 41.9 Å². The second kappa shape index (κ2) is 5.24. The summed E-state index contributed by atoms with van der Waals surface area (Å²) in [6, 6.07) is 13.9. The van der Waals surface area contributed by atoms with E-state index in [0.29, 0.717) is 5.15 Å². The normalized spacial score (nSPS) is 11.0. The Balaban J connectivity index is 2.09. The first-order chi connectivity index (χ1) is 10.8. The molecule has 0 aliphatic carbocycles. The van der Waals surface area contributed by atoms with Gasteiger partial charge in [0.05, 0.1) is 5.69 Å². The fourth-order valence-corrected chi connectivity index (χ4v) is 2.79. The molecule has 0 amide bonds. The van der Waals surface area contributed by atoms with Gasteiger partial charge >= 0.3 is 0 Å². The predicted molar refractivity (Wildman–Crippen MR) is 87.6 cm³/mol. The maximum atomic E-state index is 6.27. The number of fused-ring (bicyclic) bond motifs is 1. The lowest BCUT2D eigenvalue weighted by atomic mass is 10.0. The van der Waals surface area contributed by atoms with E-state index >= 15 is 0 Å². The summed E-state index contributed by atoms with van der Waals surface area (Å²) in [7, 11) is 0. The van der Waals surface area contributed by atoms with E-state index in [9.17, 15) is 0 Å². The zero-order chi connectivity index (χ0) is 14.9.